The molecule has 4 rings (SSSR count). The van der Waals surface area contributed by atoms with Crippen LogP contribution in [-0.4, -0.2) is 34.0 Å². The molecule has 0 N–H and O–H groups in total. The molecule has 5 nitrogen and oxygen atoms in total. The molecule has 4 unspecified atom stereocenters. The van der Waals surface area contributed by atoms with E-state index in [4.69, 9.17) is 14.1 Å². The average molecular weight is 415 g/mol. The quantitative estimate of drug-likeness (QED) is 0.491. The van der Waals surface area contributed by atoms with Crippen molar-refractivity contribution in [2.45, 2.75) is 64.6 Å². The fourth-order valence-electron chi connectivity index (χ4n) is 6.04. The van der Waals surface area contributed by atoms with Gasteiger partial charge in [-0.1, -0.05) is 23.3 Å². The molecule has 3 aliphatic carbocycles. The zero-order valence-electron chi connectivity index (χ0n) is 18.6. The summed E-state index contributed by atoms with van der Waals surface area (Å²) in [4.78, 5) is 10.3. The topological polar surface area (TPSA) is 52.4 Å². The highest BCUT2D eigenvalue weighted by molar-refractivity contribution is 6.70. The van der Waals surface area contributed by atoms with Crippen molar-refractivity contribution in [1.82, 2.24) is 0 Å². The van der Waals surface area contributed by atoms with E-state index in [0.29, 0.717) is 17.8 Å². The summed E-state index contributed by atoms with van der Waals surface area (Å²) in [5.41, 5.74) is 5.00. The zero-order chi connectivity index (χ0) is 20.8. The van der Waals surface area contributed by atoms with Crippen molar-refractivity contribution < 1.29 is 14.1 Å². The summed E-state index contributed by atoms with van der Waals surface area (Å²) in [5, 5.41) is 8.71. The molecule has 1 aromatic carbocycles. The first-order valence-corrected chi connectivity index (χ1v) is 14.2. The Morgan fingerprint density at radius 1 is 1.07 bits per heavy atom. The van der Waals surface area contributed by atoms with Crippen LogP contribution in [0.5, 0.6) is 5.75 Å². The van der Waals surface area contributed by atoms with Crippen molar-refractivity contribution in [2.24, 2.45) is 27.6 Å². The fourth-order valence-corrected chi connectivity index (χ4v) is 6.87. The predicted octanol–water partition coefficient (Wildman–Crippen LogP) is 5.37. The minimum atomic E-state index is -1.59. The van der Waals surface area contributed by atoms with Crippen LogP contribution in [0, 0.1) is 17.3 Å². The lowest BCUT2D eigenvalue weighted by Gasteiger charge is -2.48. The van der Waals surface area contributed by atoms with Crippen LogP contribution in [0.3, 0.4) is 0 Å². The molecular formula is C23H34N2O3Si. The Morgan fingerprint density at radius 3 is 2.52 bits per heavy atom. The monoisotopic (exact) mass is 414 g/mol. The van der Waals surface area contributed by atoms with E-state index in [1.165, 1.54) is 24.0 Å². The van der Waals surface area contributed by atoms with Crippen LogP contribution >= 0.6 is 0 Å². The van der Waals surface area contributed by atoms with Crippen molar-refractivity contribution in [3.8, 4) is 5.75 Å². The minimum absolute atomic E-state index is 0.0208. The highest BCUT2D eigenvalue weighted by Crippen LogP contribution is 2.59. The van der Waals surface area contributed by atoms with Gasteiger partial charge in [-0.25, -0.2) is 0 Å². The molecule has 29 heavy (non-hydrogen) atoms. The van der Waals surface area contributed by atoms with Crippen LogP contribution < -0.4 is 4.43 Å². The van der Waals surface area contributed by atoms with Gasteiger partial charge >= 0.3 is 0 Å². The summed E-state index contributed by atoms with van der Waals surface area (Å²) in [6, 6.07) is 6.84. The summed E-state index contributed by atoms with van der Waals surface area (Å²) in [6.07, 6.45) is 5.56. The first-order valence-electron chi connectivity index (χ1n) is 10.8. The highest BCUT2D eigenvalue weighted by Gasteiger charge is 2.56. The predicted molar refractivity (Wildman–Crippen MR) is 119 cm³/mol. The molecule has 0 aromatic heterocycles. The summed E-state index contributed by atoms with van der Waals surface area (Å²) in [7, 11) is 1.65. The van der Waals surface area contributed by atoms with Crippen LogP contribution in [0.15, 0.2) is 28.5 Å². The summed E-state index contributed by atoms with van der Waals surface area (Å²) in [5.74, 6) is 2.85. The summed E-state index contributed by atoms with van der Waals surface area (Å²) < 4.78 is 6.25. The van der Waals surface area contributed by atoms with Crippen LogP contribution in [0.1, 0.15) is 49.7 Å². The second-order valence-corrected chi connectivity index (χ2v) is 14.4. The number of oxime groups is 2. The largest absolute Gasteiger partial charge is 0.544 e. The van der Waals surface area contributed by atoms with Gasteiger partial charge in [0, 0.05) is 5.41 Å². The molecule has 2 saturated carbocycles. The van der Waals surface area contributed by atoms with E-state index >= 15 is 0 Å². The van der Waals surface area contributed by atoms with E-state index in [0.717, 1.165) is 36.4 Å². The van der Waals surface area contributed by atoms with E-state index in [2.05, 4.69) is 55.1 Å². The van der Waals surface area contributed by atoms with Gasteiger partial charge in [-0.15, -0.1) is 0 Å². The Bertz CT molecular complexity index is 845. The summed E-state index contributed by atoms with van der Waals surface area (Å²) >= 11 is 0. The van der Waals surface area contributed by atoms with E-state index < -0.39 is 8.32 Å². The minimum Gasteiger partial charge on any atom is -0.544 e. The van der Waals surface area contributed by atoms with Gasteiger partial charge in [-0.05, 0) is 92.8 Å². The molecule has 0 spiro atoms. The molecule has 4 atom stereocenters. The van der Waals surface area contributed by atoms with E-state index in [9.17, 15) is 0 Å². The maximum Gasteiger partial charge on any atom is 0.242 e. The lowest BCUT2D eigenvalue weighted by Crippen LogP contribution is -2.42. The van der Waals surface area contributed by atoms with Crippen molar-refractivity contribution in [2.75, 3.05) is 14.2 Å². The third-order valence-corrected chi connectivity index (χ3v) is 7.97. The molecule has 0 radical (unpaired) electrons. The number of hydrogen-bond donors (Lipinski definition) is 0. The number of fused-ring (bicyclic) bond motifs is 5. The Balaban J connectivity index is 1.64. The third kappa shape index (κ3) is 3.60. The Morgan fingerprint density at radius 2 is 1.83 bits per heavy atom. The van der Waals surface area contributed by atoms with Crippen LogP contribution in [0.2, 0.25) is 19.6 Å². The molecule has 3 aliphatic rings. The number of benzene rings is 1. The molecule has 1 aromatic rings. The molecular weight excluding hydrogens is 380 g/mol. The first kappa shape index (κ1) is 20.4. The Labute approximate surface area is 175 Å². The van der Waals surface area contributed by atoms with Crippen molar-refractivity contribution in [3.63, 3.8) is 0 Å². The van der Waals surface area contributed by atoms with Gasteiger partial charge in [0.05, 0.1) is 0 Å². The lowest BCUT2D eigenvalue weighted by atomic mass is 9.55. The molecule has 0 amide bonds. The molecule has 0 aliphatic heterocycles. The van der Waals surface area contributed by atoms with Crippen molar-refractivity contribution in [3.05, 3.63) is 29.3 Å². The van der Waals surface area contributed by atoms with E-state index in [-0.39, 0.29) is 5.41 Å². The molecule has 6 heteroatoms. The number of hydrogen-bond acceptors (Lipinski definition) is 5. The number of aryl methyl sites for hydroxylation is 1. The van der Waals surface area contributed by atoms with Gasteiger partial charge in [-0.3, -0.25) is 0 Å². The lowest BCUT2D eigenvalue weighted by molar-refractivity contribution is 0.0945. The number of nitrogens with zero attached hydrogens (tertiary/aromatic N) is 2. The van der Waals surface area contributed by atoms with Crippen LogP contribution in [0.4, 0.5) is 0 Å². The smallest absolute Gasteiger partial charge is 0.242 e. The van der Waals surface area contributed by atoms with Crippen molar-refractivity contribution in [1.29, 1.82) is 0 Å². The van der Waals surface area contributed by atoms with E-state index in [1.54, 1.807) is 14.2 Å². The summed E-state index contributed by atoms with van der Waals surface area (Å²) in [6.45, 7) is 9.07. The van der Waals surface area contributed by atoms with Gasteiger partial charge in [-0.2, -0.15) is 0 Å². The highest BCUT2D eigenvalue weighted by atomic mass is 28.4. The molecule has 0 heterocycles. The van der Waals surface area contributed by atoms with Gasteiger partial charge in [0.15, 0.2) is 0 Å². The standard InChI is InChI=1S/C23H34N2O3Si/c1-23-12-11-18-17-10-8-16(28-29(4,5)6)13-15(17)7-9-19(18)20(23)14-21(24-26-2)22(23)25-27-3/h8,10,13,18-20H,7,9,11-12,14H2,1-6H3. The first-order chi connectivity index (χ1) is 13.8. The van der Waals surface area contributed by atoms with Gasteiger partial charge < -0.3 is 14.1 Å². The van der Waals surface area contributed by atoms with Gasteiger partial charge in [0.25, 0.3) is 0 Å². The second-order valence-electron chi connectivity index (χ2n) is 9.99. The van der Waals surface area contributed by atoms with Crippen LogP contribution in [0.25, 0.3) is 0 Å². The molecule has 0 bridgehead atoms. The van der Waals surface area contributed by atoms with Gasteiger partial charge in [0.2, 0.25) is 8.32 Å². The average Bonchev–Trinajstić information content (AvgIpc) is 2.93. The normalized spacial score (nSPS) is 33.8. The van der Waals surface area contributed by atoms with Crippen molar-refractivity contribution >= 4 is 19.7 Å². The molecule has 158 valence electrons. The number of rotatable bonds is 4. The fraction of sp³-hybridized carbons (Fsp3) is 0.652. The third-order valence-electron chi connectivity index (χ3n) is 7.12. The Hall–Kier alpha value is -1.82. The Kier molecular flexibility index (Phi) is 5.26. The second kappa shape index (κ2) is 7.46. The SMILES string of the molecule is CON=C1CC2C3CCc4cc(O[Si](C)(C)C)ccc4C3CCC2(C)C1=NOC. The maximum absolute atomic E-state index is 6.25. The zero-order valence-corrected chi connectivity index (χ0v) is 19.6. The maximum atomic E-state index is 6.25. The van der Waals surface area contributed by atoms with Crippen LogP contribution in [-0.2, 0) is 16.1 Å². The van der Waals surface area contributed by atoms with Gasteiger partial charge in [0.1, 0.15) is 31.4 Å². The molecule has 2 fully saturated rings. The van der Waals surface area contributed by atoms with E-state index in [1.807, 2.05) is 0 Å². The molecule has 0 saturated heterocycles.